The third kappa shape index (κ3) is 9.66. The summed E-state index contributed by atoms with van der Waals surface area (Å²) >= 11 is 0. The molecule has 54 heavy (non-hydrogen) atoms. The minimum Gasteiger partial charge on any atom is -0.413 e. The van der Waals surface area contributed by atoms with Crippen molar-refractivity contribution in [1.82, 2.24) is 4.90 Å². The zero-order valence-corrected chi connectivity index (χ0v) is 40.9. The smallest absolute Gasteiger partial charge is 0.223 e. The summed E-state index contributed by atoms with van der Waals surface area (Å²) in [5.41, 5.74) is 7.73. The first-order chi connectivity index (χ1) is 25.0. The summed E-state index contributed by atoms with van der Waals surface area (Å²) < 4.78 is 15.2. The molecule has 3 rings (SSSR count). The van der Waals surface area contributed by atoms with E-state index in [4.69, 9.17) is 15.4 Å². The number of carbonyl (C=O) groups excluding carboxylic acids is 1. The number of allylic oxidation sites excluding steroid dienone is 3. The van der Waals surface area contributed by atoms with Gasteiger partial charge < -0.3 is 13.8 Å². The molecule has 1 amide bonds. The van der Waals surface area contributed by atoms with Gasteiger partial charge in [0.2, 0.25) is 22.5 Å². The summed E-state index contributed by atoms with van der Waals surface area (Å²) in [4.78, 5) is 15.4. The minimum absolute atomic E-state index is 0.00353. The highest BCUT2D eigenvalue weighted by molar-refractivity contribution is 6.78. The van der Waals surface area contributed by atoms with Crippen molar-refractivity contribution in [1.29, 1.82) is 0 Å². The van der Waals surface area contributed by atoms with Crippen LogP contribution in [0.15, 0.2) is 35.5 Å². The second-order valence-corrected chi connectivity index (χ2v) is 31.8. The Morgan fingerprint density at radius 1 is 0.778 bits per heavy atom. The minimum atomic E-state index is -2.14. The van der Waals surface area contributed by atoms with Crippen molar-refractivity contribution in [3.05, 3.63) is 35.5 Å². The topological polar surface area (TPSA) is 38.8 Å². The van der Waals surface area contributed by atoms with Crippen molar-refractivity contribution in [2.24, 2.45) is 23.2 Å². The van der Waals surface area contributed by atoms with E-state index >= 15 is 0 Å². The van der Waals surface area contributed by atoms with Crippen molar-refractivity contribution < 1.29 is 13.6 Å². The van der Waals surface area contributed by atoms with E-state index in [1.165, 1.54) is 43.3 Å². The summed E-state index contributed by atoms with van der Waals surface area (Å²) in [6.45, 7) is 47.4. The summed E-state index contributed by atoms with van der Waals surface area (Å²) in [7, 11) is -4.24. The van der Waals surface area contributed by atoms with E-state index in [9.17, 15) is 4.79 Å². The Hall–Kier alpha value is -0.956. The monoisotopic (exact) mass is 784 g/mol. The summed E-state index contributed by atoms with van der Waals surface area (Å²) in [5, 5.41) is 0. The fraction of sp³-hybridized carbons (Fsp3) is 0.854. The number of hydrogen-bond acceptors (Lipinski definition) is 3. The zero-order valence-electron chi connectivity index (χ0n) is 38.9. The van der Waals surface area contributed by atoms with Gasteiger partial charge in [-0.15, -0.1) is 0 Å². The van der Waals surface area contributed by atoms with E-state index in [1.807, 2.05) is 0 Å². The molecule has 3 aliphatic rings. The maximum absolute atomic E-state index is 13.3. The molecular formula is C48H89NO3Si2. The second kappa shape index (κ2) is 19.2. The van der Waals surface area contributed by atoms with Gasteiger partial charge >= 0.3 is 0 Å². The molecule has 312 valence electrons. The van der Waals surface area contributed by atoms with Gasteiger partial charge in [-0.25, -0.2) is 0 Å². The van der Waals surface area contributed by atoms with Crippen molar-refractivity contribution in [3.8, 4) is 0 Å². The molecule has 0 aromatic carbocycles. The van der Waals surface area contributed by atoms with Gasteiger partial charge in [-0.05, 0) is 140 Å². The number of amides is 1. The highest BCUT2D eigenvalue weighted by Gasteiger charge is 2.52. The van der Waals surface area contributed by atoms with Crippen LogP contribution in [0, 0.1) is 23.2 Å². The Balaban J connectivity index is 1.97. The average molecular weight is 784 g/mol. The number of fused-ring (bicyclic) bond motifs is 1. The zero-order chi connectivity index (χ0) is 41.1. The molecule has 3 aliphatic carbocycles. The van der Waals surface area contributed by atoms with E-state index in [-0.39, 0.29) is 24.3 Å². The Bertz CT molecular complexity index is 1260. The molecule has 0 spiro atoms. The lowest BCUT2D eigenvalue weighted by molar-refractivity contribution is -0.135. The van der Waals surface area contributed by atoms with Crippen LogP contribution in [0.2, 0.25) is 33.2 Å². The largest absolute Gasteiger partial charge is 0.413 e. The maximum atomic E-state index is 13.3. The first-order valence-electron chi connectivity index (χ1n) is 22.7. The maximum Gasteiger partial charge on any atom is 0.223 e. The SMILES string of the molecule is C=C1/C(=C\C=C2CCC[C@]3(C)[C@@H]([C@H](C)CCC(=O)N(C(C)C)C(C)C)CC[C@@H]23)C[C@H](O[Si](C(C)C)(C(C)C)C(C)C)C[C@H]1O[Si](C(C)C)(C(C)C)C(C)C. The molecule has 0 aromatic rings. The molecule has 0 radical (unpaired) electrons. The molecule has 0 heterocycles. The highest BCUT2D eigenvalue weighted by Crippen LogP contribution is 2.60. The standard InChI is InChI=1S/C48H89NO3Si2/c1-31(2)49(32(3)4)47(50)27-22-39(17)44-25-26-45-41(21-20-28-48(44,45)19)23-24-42-29-43(51-53(33(5)6,34(7)8)35(9)10)30-46(40(42)18)52-54(36(11)12,37(13)14)38(15)16/h23-24,31-39,43-46H,18,20-22,25-30H2,1-17,19H3/b41-23?,42-24-/t39-,43+,44-,45+,46-,48-/m1/s1. The van der Waals surface area contributed by atoms with Crippen molar-refractivity contribution >= 4 is 22.5 Å². The molecule has 0 aliphatic heterocycles. The quantitative estimate of drug-likeness (QED) is 0.138. The lowest BCUT2D eigenvalue weighted by Crippen LogP contribution is -2.54. The van der Waals surface area contributed by atoms with Crippen LogP contribution in [0.1, 0.15) is 182 Å². The fourth-order valence-electron chi connectivity index (χ4n) is 13.1. The molecule has 3 saturated carbocycles. The van der Waals surface area contributed by atoms with Gasteiger partial charge in [-0.3, -0.25) is 4.79 Å². The molecule has 0 bridgehead atoms. The molecule has 0 N–H and O–H groups in total. The lowest BCUT2D eigenvalue weighted by Gasteiger charge is -2.49. The molecule has 6 atom stereocenters. The summed E-state index contributed by atoms with van der Waals surface area (Å²) in [6, 6.07) is 0.501. The number of carbonyl (C=O) groups is 1. The molecule has 6 heteroatoms. The number of rotatable bonds is 17. The van der Waals surface area contributed by atoms with E-state index in [0.29, 0.717) is 68.7 Å². The molecule has 3 fully saturated rings. The second-order valence-electron chi connectivity index (χ2n) is 21.0. The lowest BCUT2D eigenvalue weighted by atomic mass is 9.60. The third-order valence-electron chi connectivity index (χ3n) is 15.3. The van der Waals surface area contributed by atoms with Gasteiger partial charge in [0.25, 0.3) is 0 Å². The fourth-order valence-corrected chi connectivity index (χ4v) is 24.2. The van der Waals surface area contributed by atoms with Gasteiger partial charge in [-0.1, -0.05) is 121 Å². The van der Waals surface area contributed by atoms with Gasteiger partial charge in [0, 0.05) is 24.9 Å². The molecule has 0 saturated heterocycles. The van der Waals surface area contributed by atoms with E-state index in [2.05, 4.69) is 142 Å². The number of hydrogen-bond donors (Lipinski definition) is 0. The normalized spacial score (nSPS) is 28.0. The number of nitrogens with zero attached hydrogens (tertiary/aromatic N) is 1. The van der Waals surface area contributed by atoms with Crippen LogP contribution in [-0.4, -0.2) is 51.7 Å². The highest BCUT2D eigenvalue weighted by atomic mass is 28.4. The Morgan fingerprint density at radius 3 is 1.76 bits per heavy atom. The predicted molar refractivity (Wildman–Crippen MR) is 240 cm³/mol. The van der Waals surface area contributed by atoms with Gasteiger partial charge in [-0.2, -0.15) is 0 Å². The van der Waals surface area contributed by atoms with Crippen molar-refractivity contribution in [2.75, 3.05) is 0 Å². The van der Waals surface area contributed by atoms with Crippen LogP contribution in [0.3, 0.4) is 0 Å². The molecule has 0 unspecified atom stereocenters. The van der Waals surface area contributed by atoms with Gasteiger partial charge in [0.05, 0.1) is 12.2 Å². The molecule has 4 nitrogen and oxygen atoms in total. The van der Waals surface area contributed by atoms with Crippen LogP contribution in [0.25, 0.3) is 0 Å². The van der Waals surface area contributed by atoms with Crippen LogP contribution in [-0.2, 0) is 13.6 Å². The van der Waals surface area contributed by atoms with Gasteiger partial charge in [0.1, 0.15) is 0 Å². The van der Waals surface area contributed by atoms with Crippen molar-refractivity contribution in [3.63, 3.8) is 0 Å². The molecule has 0 aromatic heterocycles. The van der Waals surface area contributed by atoms with Crippen LogP contribution in [0.4, 0.5) is 0 Å². The van der Waals surface area contributed by atoms with Crippen LogP contribution in [0.5, 0.6) is 0 Å². The summed E-state index contributed by atoms with van der Waals surface area (Å²) in [5.74, 6) is 2.16. The first-order valence-corrected chi connectivity index (χ1v) is 27.0. The van der Waals surface area contributed by atoms with E-state index in [0.717, 1.165) is 19.3 Å². The van der Waals surface area contributed by atoms with E-state index in [1.54, 1.807) is 5.57 Å². The van der Waals surface area contributed by atoms with Crippen molar-refractivity contribution in [2.45, 2.75) is 240 Å². The molecular weight excluding hydrogens is 695 g/mol. The Kier molecular flexibility index (Phi) is 16.9. The van der Waals surface area contributed by atoms with Crippen LogP contribution < -0.4 is 0 Å². The van der Waals surface area contributed by atoms with Crippen LogP contribution >= 0.6 is 0 Å². The first kappa shape index (κ1) is 47.4. The predicted octanol–water partition coefficient (Wildman–Crippen LogP) is 14.6. The van der Waals surface area contributed by atoms with Gasteiger partial charge in [0.15, 0.2) is 0 Å². The average Bonchev–Trinajstić information content (AvgIpc) is 3.41. The third-order valence-corrected chi connectivity index (χ3v) is 27.6. The summed E-state index contributed by atoms with van der Waals surface area (Å²) in [6.07, 6.45) is 15.0. The Morgan fingerprint density at radius 2 is 1.28 bits per heavy atom. The Labute approximate surface area is 338 Å². The van der Waals surface area contributed by atoms with E-state index < -0.39 is 16.6 Å².